The molecule has 0 saturated carbocycles. The lowest BCUT2D eigenvalue weighted by molar-refractivity contribution is 0.222. The van der Waals surface area contributed by atoms with E-state index in [4.69, 9.17) is 0 Å². The van der Waals surface area contributed by atoms with Gasteiger partial charge in [0, 0.05) is 51.2 Å². The van der Waals surface area contributed by atoms with Gasteiger partial charge in [0.2, 0.25) is 10.0 Å². The fourth-order valence-corrected chi connectivity index (χ4v) is 5.36. The van der Waals surface area contributed by atoms with Crippen LogP contribution in [0.15, 0.2) is 21.9 Å². The Balaban J connectivity index is 1.72. The van der Waals surface area contributed by atoms with Crippen molar-refractivity contribution in [2.45, 2.75) is 32.2 Å². The number of anilines is 1. The van der Waals surface area contributed by atoms with Crippen molar-refractivity contribution in [2.24, 2.45) is 0 Å². The highest BCUT2D eigenvalue weighted by molar-refractivity contribution is 9.10. The lowest BCUT2D eigenvalue weighted by atomic mass is 10.3. The number of hydrogen-bond donors (Lipinski definition) is 1. The van der Waals surface area contributed by atoms with Gasteiger partial charge in [-0.25, -0.2) is 18.4 Å². The van der Waals surface area contributed by atoms with E-state index >= 15 is 0 Å². The molecule has 1 fully saturated rings. The average Bonchev–Trinajstić information content (AvgIpc) is 2.97. The molecule has 2 aromatic rings. The van der Waals surface area contributed by atoms with Crippen molar-refractivity contribution in [3.8, 4) is 0 Å². The summed E-state index contributed by atoms with van der Waals surface area (Å²) in [5, 5.41) is 3.28. The Bertz CT molecular complexity index is 951. The second-order valence-corrected chi connectivity index (χ2v) is 9.85. The van der Waals surface area contributed by atoms with Crippen molar-refractivity contribution in [3.05, 3.63) is 33.9 Å². The maximum atomic E-state index is 13.0. The molecule has 0 spiro atoms. The number of aryl methyl sites for hydroxylation is 1. The van der Waals surface area contributed by atoms with Crippen molar-refractivity contribution < 1.29 is 8.42 Å². The zero-order chi connectivity index (χ0) is 20.5. The smallest absolute Gasteiger partial charge is 0.244 e. The molecule has 0 bridgehead atoms. The van der Waals surface area contributed by atoms with Crippen LogP contribution in [0.3, 0.4) is 0 Å². The summed E-state index contributed by atoms with van der Waals surface area (Å²) in [5.74, 6) is 0.643. The van der Waals surface area contributed by atoms with E-state index in [2.05, 4.69) is 40.7 Å². The molecule has 8 nitrogen and oxygen atoms in total. The second-order valence-electron chi connectivity index (χ2n) is 7.15. The van der Waals surface area contributed by atoms with Gasteiger partial charge in [0.15, 0.2) is 0 Å². The minimum Gasteiger partial charge on any atom is -0.367 e. The fourth-order valence-electron chi connectivity index (χ4n) is 3.18. The molecular weight excluding hydrogens is 444 g/mol. The Morgan fingerprint density at radius 3 is 2.43 bits per heavy atom. The molecule has 1 saturated heterocycles. The summed E-state index contributed by atoms with van der Waals surface area (Å²) < 4.78 is 30.4. The number of likely N-dealkylation sites (N-methyl/N-ethyl adjacent to an activating group) is 1. The number of imidazole rings is 1. The molecule has 0 amide bonds. The van der Waals surface area contributed by atoms with Crippen LogP contribution in [0.4, 0.5) is 5.82 Å². The minimum atomic E-state index is -3.55. The Hall–Kier alpha value is -1.49. The third kappa shape index (κ3) is 4.24. The van der Waals surface area contributed by atoms with E-state index in [1.54, 1.807) is 4.31 Å². The number of halogens is 1. The number of nitrogens with zero attached hydrogens (tertiary/aromatic N) is 5. The molecule has 3 heterocycles. The fraction of sp³-hybridized carbons (Fsp3) is 0.556. The number of sulfonamides is 1. The van der Waals surface area contributed by atoms with Crippen molar-refractivity contribution in [1.82, 2.24) is 23.7 Å². The van der Waals surface area contributed by atoms with Crippen molar-refractivity contribution in [1.29, 1.82) is 0 Å². The van der Waals surface area contributed by atoms with Crippen molar-refractivity contribution in [3.63, 3.8) is 0 Å². The van der Waals surface area contributed by atoms with E-state index in [0.29, 0.717) is 35.5 Å². The molecule has 10 heteroatoms. The van der Waals surface area contributed by atoms with Gasteiger partial charge >= 0.3 is 0 Å². The SMILES string of the molecule is Cc1ncn(CCNc2ncc(S(=O)(=O)N3CCN(C)CC3)c(C)c2Br)c1C. The number of nitrogens with one attached hydrogen (secondary N) is 1. The summed E-state index contributed by atoms with van der Waals surface area (Å²) in [6, 6.07) is 0. The standard InChI is InChI=1S/C18H27BrN6O2S/c1-13-16(28(26,27)25-9-7-23(4)8-10-25)11-21-18(17(13)19)20-5-6-24-12-22-14(2)15(24)3/h11-12H,5-10H2,1-4H3,(H,20,21). The number of rotatable bonds is 6. The molecule has 28 heavy (non-hydrogen) atoms. The van der Waals surface area contributed by atoms with Crippen molar-refractivity contribution >= 4 is 31.8 Å². The van der Waals surface area contributed by atoms with Crippen LogP contribution < -0.4 is 5.32 Å². The highest BCUT2D eigenvalue weighted by Gasteiger charge is 2.30. The number of piperazine rings is 1. The lowest BCUT2D eigenvalue weighted by Crippen LogP contribution is -2.47. The van der Waals surface area contributed by atoms with E-state index in [1.165, 1.54) is 6.20 Å². The van der Waals surface area contributed by atoms with Gasteiger partial charge in [-0.15, -0.1) is 0 Å². The first kappa shape index (κ1) is 21.2. The Morgan fingerprint density at radius 2 is 1.82 bits per heavy atom. The maximum absolute atomic E-state index is 13.0. The summed E-state index contributed by atoms with van der Waals surface area (Å²) in [6.45, 7) is 9.72. The van der Waals surface area contributed by atoms with Gasteiger partial charge in [-0.1, -0.05) is 0 Å². The lowest BCUT2D eigenvalue weighted by Gasteiger charge is -2.31. The normalized spacial score (nSPS) is 16.5. The molecule has 1 aliphatic rings. The topological polar surface area (TPSA) is 83.4 Å². The molecule has 154 valence electrons. The monoisotopic (exact) mass is 470 g/mol. The Morgan fingerprint density at radius 1 is 1.14 bits per heavy atom. The van der Waals surface area contributed by atoms with Crippen LogP contribution in [0, 0.1) is 20.8 Å². The third-order valence-corrected chi connectivity index (χ3v) is 8.27. The summed E-state index contributed by atoms with van der Waals surface area (Å²) >= 11 is 3.53. The van der Waals surface area contributed by atoms with Crippen LogP contribution in [0.1, 0.15) is 17.0 Å². The van der Waals surface area contributed by atoms with Crippen LogP contribution in [0.5, 0.6) is 0 Å². The van der Waals surface area contributed by atoms with Crippen LogP contribution in [-0.2, 0) is 16.6 Å². The number of hydrogen-bond acceptors (Lipinski definition) is 6. The molecule has 2 aromatic heterocycles. The average molecular weight is 471 g/mol. The van der Waals surface area contributed by atoms with Crippen LogP contribution in [-0.4, -0.2) is 71.9 Å². The molecule has 1 N–H and O–H groups in total. The third-order valence-electron chi connectivity index (χ3n) is 5.29. The van der Waals surface area contributed by atoms with E-state index in [9.17, 15) is 8.42 Å². The summed E-state index contributed by atoms with van der Waals surface area (Å²) in [5.41, 5.74) is 2.83. The molecule has 3 rings (SSSR count). The minimum absolute atomic E-state index is 0.260. The quantitative estimate of drug-likeness (QED) is 0.694. The number of pyridine rings is 1. The van der Waals surface area contributed by atoms with Gasteiger partial charge in [0.05, 0.1) is 16.5 Å². The Labute approximate surface area is 175 Å². The highest BCUT2D eigenvalue weighted by Crippen LogP contribution is 2.30. The predicted octanol–water partition coefficient (Wildman–Crippen LogP) is 2.01. The van der Waals surface area contributed by atoms with Crippen LogP contribution in [0.2, 0.25) is 0 Å². The van der Waals surface area contributed by atoms with Gasteiger partial charge in [-0.3, -0.25) is 0 Å². The van der Waals surface area contributed by atoms with E-state index in [1.807, 2.05) is 34.1 Å². The maximum Gasteiger partial charge on any atom is 0.244 e. The Kier molecular flexibility index (Phi) is 6.43. The zero-order valence-electron chi connectivity index (χ0n) is 16.7. The predicted molar refractivity (Wildman–Crippen MR) is 113 cm³/mol. The van der Waals surface area contributed by atoms with E-state index < -0.39 is 10.0 Å². The summed E-state index contributed by atoms with van der Waals surface area (Å²) in [4.78, 5) is 11.1. The summed E-state index contributed by atoms with van der Waals surface area (Å²) in [6.07, 6.45) is 3.29. The van der Waals surface area contributed by atoms with Crippen LogP contribution >= 0.6 is 15.9 Å². The molecule has 0 aliphatic carbocycles. The van der Waals surface area contributed by atoms with Gasteiger partial charge < -0.3 is 14.8 Å². The van der Waals surface area contributed by atoms with E-state index in [0.717, 1.165) is 31.0 Å². The molecule has 0 unspecified atom stereocenters. The summed E-state index contributed by atoms with van der Waals surface area (Å²) in [7, 11) is -1.55. The van der Waals surface area contributed by atoms with Gasteiger partial charge in [0.25, 0.3) is 0 Å². The molecule has 0 radical (unpaired) electrons. The van der Waals surface area contributed by atoms with Gasteiger partial charge in [-0.2, -0.15) is 4.31 Å². The largest absolute Gasteiger partial charge is 0.367 e. The van der Waals surface area contributed by atoms with Crippen LogP contribution in [0.25, 0.3) is 0 Å². The molecular formula is C18H27BrN6O2S. The molecule has 1 aliphatic heterocycles. The van der Waals surface area contributed by atoms with Crippen molar-refractivity contribution in [2.75, 3.05) is 45.1 Å². The molecule has 0 atom stereocenters. The van der Waals surface area contributed by atoms with E-state index in [-0.39, 0.29) is 4.90 Å². The molecule has 0 aromatic carbocycles. The highest BCUT2D eigenvalue weighted by atomic mass is 79.9. The van der Waals surface area contributed by atoms with Gasteiger partial charge in [0.1, 0.15) is 10.7 Å². The first-order valence-corrected chi connectivity index (χ1v) is 11.5. The van der Waals surface area contributed by atoms with Gasteiger partial charge in [-0.05, 0) is 49.3 Å². The zero-order valence-corrected chi connectivity index (χ0v) is 19.1. The number of aromatic nitrogens is 3. The first-order valence-electron chi connectivity index (χ1n) is 9.28. The second kappa shape index (κ2) is 8.48. The first-order chi connectivity index (χ1) is 13.2.